The SMILES string of the molecule is C[C](C)CN1CCN(S(=O)(=O)C2CC2)CC1. The molecule has 2 fully saturated rings. The average Bonchev–Trinajstić information content (AvgIpc) is 3.00. The summed E-state index contributed by atoms with van der Waals surface area (Å²) in [5.41, 5.74) is 0. The molecule has 16 heavy (non-hydrogen) atoms. The van der Waals surface area contributed by atoms with Gasteiger partial charge in [0.15, 0.2) is 0 Å². The van der Waals surface area contributed by atoms with Gasteiger partial charge in [-0.1, -0.05) is 13.8 Å². The van der Waals surface area contributed by atoms with Gasteiger partial charge in [-0.3, -0.25) is 0 Å². The third-order valence-electron chi connectivity index (χ3n) is 3.18. The van der Waals surface area contributed by atoms with Crippen molar-refractivity contribution in [1.29, 1.82) is 0 Å². The molecule has 0 aromatic rings. The summed E-state index contributed by atoms with van der Waals surface area (Å²) in [5, 5.41) is -0.0569. The Morgan fingerprint density at radius 3 is 2.12 bits per heavy atom. The van der Waals surface area contributed by atoms with Crippen LogP contribution in [0.15, 0.2) is 0 Å². The highest BCUT2D eigenvalue weighted by molar-refractivity contribution is 7.90. The van der Waals surface area contributed by atoms with E-state index in [1.165, 1.54) is 5.92 Å². The Morgan fingerprint density at radius 1 is 1.12 bits per heavy atom. The first-order valence-corrected chi connectivity index (χ1v) is 7.51. The van der Waals surface area contributed by atoms with Gasteiger partial charge in [-0.05, 0) is 18.8 Å². The van der Waals surface area contributed by atoms with Gasteiger partial charge in [0.1, 0.15) is 0 Å². The summed E-state index contributed by atoms with van der Waals surface area (Å²) >= 11 is 0. The van der Waals surface area contributed by atoms with Gasteiger partial charge in [-0.2, -0.15) is 4.31 Å². The first kappa shape index (κ1) is 12.3. The molecule has 2 aliphatic rings. The molecule has 1 radical (unpaired) electrons. The standard InChI is InChI=1S/C11H21N2O2S/c1-10(2)9-12-5-7-13(8-6-12)16(14,15)11-3-4-11/h11H,3-9H2,1-2H3. The second-order valence-corrected chi connectivity index (χ2v) is 7.34. The molecule has 0 aromatic heterocycles. The number of nitrogens with zero attached hydrogens (tertiary/aromatic N) is 2. The van der Waals surface area contributed by atoms with Crippen LogP contribution in [0.1, 0.15) is 26.7 Å². The van der Waals surface area contributed by atoms with Crippen molar-refractivity contribution >= 4 is 10.0 Å². The van der Waals surface area contributed by atoms with Crippen LogP contribution in [0, 0.1) is 5.92 Å². The molecule has 0 unspecified atom stereocenters. The summed E-state index contributed by atoms with van der Waals surface area (Å²) in [6.07, 6.45) is 1.73. The zero-order valence-electron chi connectivity index (χ0n) is 10.1. The highest BCUT2D eigenvalue weighted by Gasteiger charge is 2.40. The molecule has 1 aliphatic carbocycles. The van der Waals surface area contributed by atoms with Crippen LogP contribution in [-0.2, 0) is 10.0 Å². The van der Waals surface area contributed by atoms with E-state index in [1.807, 2.05) is 0 Å². The predicted molar refractivity (Wildman–Crippen MR) is 64.5 cm³/mol. The molecule has 0 aromatic carbocycles. The fraction of sp³-hybridized carbons (Fsp3) is 0.909. The molecular formula is C11H21N2O2S. The molecule has 1 aliphatic heterocycles. The number of piperazine rings is 1. The lowest BCUT2D eigenvalue weighted by Gasteiger charge is -2.34. The minimum Gasteiger partial charge on any atom is -0.300 e. The van der Waals surface area contributed by atoms with Crippen LogP contribution in [0.5, 0.6) is 0 Å². The van der Waals surface area contributed by atoms with Crippen molar-refractivity contribution in [3.63, 3.8) is 0 Å². The van der Waals surface area contributed by atoms with E-state index < -0.39 is 10.0 Å². The van der Waals surface area contributed by atoms with Crippen molar-refractivity contribution in [3.05, 3.63) is 5.92 Å². The highest BCUT2D eigenvalue weighted by atomic mass is 32.2. The maximum atomic E-state index is 12.0. The fourth-order valence-corrected chi connectivity index (χ4v) is 3.99. The third-order valence-corrected chi connectivity index (χ3v) is 5.58. The van der Waals surface area contributed by atoms with Crippen LogP contribution in [0.25, 0.3) is 0 Å². The topological polar surface area (TPSA) is 40.6 Å². The summed E-state index contributed by atoms with van der Waals surface area (Å²) in [6, 6.07) is 0. The second-order valence-electron chi connectivity index (χ2n) is 5.13. The van der Waals surface area contributed by atoms with Crippen LogP contribution in [0.2, 0.25) is 0 Å². The normalized spacial score (nSPS) is 25.2. The molecule has 93 valence electrons. The van der Waals surface area contributed by atoms with E-state index in [1.54, 1.807) is 4.31 Å². The third kappa shape index (κ3) is 2.76. The van der Waals surface area contributed by atoms with E-state index >= 15 is 0 Å². The van der Waals surface area contributed by atoms with E-state index in [9.17, 15) is 8.42 Å². The smallest absolute Gasteiger partial charge is 0.217 e. The summed E-state index contributed by atoms with van der Waals surface area (Å²) in [4.78, 5) is 2.33. The van der Waals surface area contributed by atoms with E-state index in [0.29, 0.717) is 13.1 Å². The van der Waals surface area contributed by atoms with E-state index in [-0.39, 0.29) is 5.25 Å². The summed E-state index contributed by atoms with van der Waals surface area (Å²) in [7, 11) is -2.94. The maximum absolute atomic E-state index is 12.0. The quantitative estimate of drug-likeness (QED) is 0.732. The van der Waals surface area contributed by atoms with E-state index in [2.05, 4.69) is 18.7 Å². The lowest BCUT2D eigenvalue weighted by molar-refractivity contribution is 0.194. The van der Waals surface area contributed by atoms with Crippen LogP contribution < -0.4 is 0 Å². The molecule has 0 amide bonds. The van der Waals surface area contributed by atoms with Gasteiger partial charge in [0, 0.05) is 32.7 Å². The van der Waals surface area contributed by atoms with Crippen LogP contribution >= 0.6 is 0 Å². The maximum Gasteiger partial charge on any atom is 0.217 e. The Morgan fingerprint density at radius 2 is 1.69 bits per heavy atom. The van der Waals surface area contributed by atoms with Crippen molar-refractivity contribution in [2.24, 2.45) is 0 Å². The van der Waals surface area contributed by atoms with Crippen molar-refractivity contribution in [2.75, 3.05) is 32.7 Å². The first-order valence-electron chi connectivity index (χ1n) is 6.00. The van der Waals surface area contributed by atoms with Gasteiger partial charge < -0.3 is 4.90 Å². The monoisotopic (exact) mass is 245 g/mol. The van der Waals surface area contributed by atoms with Crippen LogP contribution in [0.4, 0.5) is 0 Å². The Bertz CT molecular complexity index is 328. The van der Waals surface area contributed by atoms with Crippen molar-refractivity contribution in [1.82, 2.24) is 9.21 Å². The van der Waals surface area contributed by atoms with Crippen molar-refractivity contribution < 1.29 is 8.42 Å². The first-order chi connectivity index (χ1) is 7.50. The van der Waals surface area contributed by atoms with Crippen molar-refractivity contribution in [3.8, 4) is 0 Å². The van der Waals surface area contributed by atoms with Gasteiger partial charge in [0.05, 0.1) is 5.25 Å². The van der Waals surface area contributed by atoms with Gasteiger partial charge >= 0.3 is 0 Å². The zero-order chi connectivity index (χ0) is 11.8. The second kappa shape index (κ2) is 4.63. The van der Waals surface area contributed by atoms with Gasteiger partial charge in [0.25, 0.3) is 0 Å². The number of hydrogen-bond acceptors (Lipinski definition) is 3. The Labute approximate surface area is 98.7 Å². The minimum atomic E-state index is -2.94. The fourth-order valence-electron chi connectivity index (χ4n) is 2.17. The van der Waals surface area contributed by atoms with Crippen LogP contribution in [-0.4, -0.2) is 55.6 Å². The Balaban J connectivity index is 1.85. The number of sulfonamides is 1. The van der Waals surface area contributed by atoms with Gasteiger partial charge in [0.2, 0.25) is 10.0 Å². The molecule has 2 rings (SSSR count). The Kier molecular flexibility index (Phi) is 3.56. The van der Waals surface area contributed by atoms with E-state index in [0.717, 1.165) is 32.5 Å². The molecule has 5 heteroatoms. The molecular weight excluding hydrogens is 224 g/mol. The van der Waals surface area contributed by atoms with Gasteiger partial charge in [-0.15, -0.1) is 0 Å². The molecule has 1 saturated heterocycles. The molecule has 4 nitrogen and oxygen atoms in total. The van der Waals surface area contributed by atoms with Crippen LogP contribution in [0.3, 0.4) is 0 Å². The largest absolute Gasteiger partial charge is 0.300 e. The minimum absolute atomic E-state index is 0.0569. The Hall–Kier alpha value is -0.130. The average molecular weight is 245 g/mol. The summed E-state index contributed by atoms with van der Waals surface area (Å²) < 4.78 is 25.6. The lowest BCUT2D eigenvalue weighted by atomic mass is 10.2. The van der Waals surface area contributed by atoms with E-state index in [4.69, 9.17) is 0 Å². The van der Waals surface area contributed by atoms with Crippen molar-refractivity contribution in [2.45, 2.75) is 31.9 Å². The molecule has 1 saturated carbocycles. The molecule has 0 bridgehead atoms. The number of rotatable bonds is 4. The molecule has 0 N–H and O–H groups in total. The highest BCUT2D eigenvalue weighted by Crippen LogP contribution is 2.31. The predicted octanol–water partition coefficient (Wildman–Crippen LogP) is 0.710. The number of hydrogen-bond donors (Lipinski definition) is 0. The zero-order valence-corrected chi connectivity index (χ0v) is 11.0. The molecule has 1 heterocycles. The lowest BCUT2D eigenvalue weighted by Crippen LogP contribution is -2.50. The van der Waals surface area contributed by atoms with Gasteiger partial charge in [-0.25, -0.2) is 8.42 Å². The molecule has 0 atom stereocenters. The molecule has 0 spiro atoms. The summed E-state index contributed by atoms with van der Waals surface area (Å²) in [5.74, 6) is 1.39. The summed E-state index contributed by atoms with van der Waals surface area (Å²) in [6.45, 7) is 8.32.